The molecule has 0 amide bonds. The average molecular weight is 322 g/mol. The summed E-state index contributed by atoms with van der Waals surface area (Å²) in [5.74, 6) is 0. The molecular formula is C21H28N3+. The second-order valence-corrected chi connectivity index (χ2v) is 6.12. The molecule has 0 N–H and O–H groups in total. The zero-order chi connectivity index (χ0) is 17.1. The van der Waals surface area contributed by atoms with Gasteiger partial charge in [0.15, 0.2) is 0 Å². The summed E-state index contributed by atoms with van der Waals surface area (Å²) in [6.45, 7) is 9.87. The van der Waals surface area contributed by atoms with Gasteiger partial charge >= 0.3 is 0 Å². The van der Waals surface area contributed by atoms with Crippen LogP contribution in [0.3, 0.4) is 0 Å². The lowest BCUT2D eigenvalue weighted by Gasteiger charge is -2.37. The van der Waals surface area contributed by atoms with Crippen molar-refractivity contribution in [3.05, 3.63) is 66.2 Å². The molecule has 126 valence electrons. The molecule has 0 spiro atoms. The van der Waals surface area contributed by atoms with E-state index in [1.54, 1.807) is 0 Å². The van der Waals surface area contributed by atoms with Crippen LogP contribution in [0.1, 0.15) is 25.8 Å². The fourth-order valence-corrected chi connectivity index (χ4v) is 2.94. The Bertz CT molecular complexity index is 639. The molecule has 0 aliphatic rings. The van der Waals surface area contributed by atoms with Crippen molar-refractivity contribution >= 4 is 11.7 Å². The molecular weight excluding hydrogens is 294 g/mol. The Morgan fingerprint density at radius 1 is 0.875 bits per heavy atom. The molecule has 2 aromatic carbocycles. The lowest BCUT2D eigenvalue weighted by molar-refractivity contribution is -0.937. The van der Waals surface area contributed by atoms with Crippen molar-refractivity contribution in [1.82, 2.24) is 0 Å². The van der Waals surface area contributed by atoms with E-state index in [4.69, 9.17) is 0 Å². The van der Waals surface area contributed by atoms with Gasteiger partial charge in [-0.2, -0.15) is 4.99 Å². The molecule has 0 fully saturated rings. The molecule has 3 nitrogen and oxygen atoms in total. The minimum atomic E-state index is 0.783. The Balaban J connectivity index is 1.86. The van der Waals surface area contributed by atoms with E-state index in [0.29, 0.717) is 0 Å². The first-order valence-electron chi connectivity index (χ1n) is 8.84. The van der Waals surface area contributed by atoms with Crippen molar-refractivity contribution in [2.45, 2.75) is 26.8 Å². The number of nitrogens with zero attached hydrogens (tertiary/aromatic N) is 3. The van der Waals surface area contributed by atoms with Gasteiger partial charge in [-0.05, 0) is 26.0 Å². The van der Waals surface area contributed by atoms with Crippen LogP contribution in [0.4, 0.5) is 5.69 Å². The van der Waals surface area contributed by atoms with E-state index in [2.05, 4.69) is 60.2 Å². The summed E-state index contributed by atoms with van der Waals surface area (Å²) in [6.07, 6.45) is 1.06. The van der Waals surface area contributed by atoms with Crippen molar-refractivity contribution in [2.24, 2.45) is 9.98 Å². The van der Waals surface area contributed by atoms with Crippen molar-refractivity contribution in [1.29, 1.82) is 0 Å². The number of benzene rings is 2. The van der Waals surface area contributed by atoms with Gasteiger partial charge in [-0.15, -0.1) is 0 Å². The summed E-state index contributed by atoms with van der Waals surface area (Å²) in [7, 11) is 0. The number of aliphatic imine (C=N–C) groups is 2. The Kier molecular flexibility index (Phi) is 7.41. The fourth-order valence-electron chi connectivity index (χ4n) is 2.94. The number of para-hydroxylation sites is 1. The zero-order valence-electron chi connectivity index (χ0n) is 14.9. The van der Waals surface area contributed by atoms with Gasteiger partial charge in [-0.25, -0.2) is 4.99 Å². The zero-order valence-corrected chi connectivity index (χ0v) is 14.9. The average Bonchev–Trinajstić information content (AvgIpc) is 2.65. The van der Waals surface area contributed by atoms with Crippen LogP contribution in [-0.2, 0) is 6.54 Å². The monoisotopic (exact) mass is 322 g/mol. The van der Waals surface area contributed by atoms with E-state index in [1.807, 2.05) is 30.3 Å². The minimum absolute atomic E-state index is 0.783. The first kappa shape index (κ1) is 18.1. The van der Waals surface area contributed by atoms with E-state index in [-0.39, 0.29) is 0 Å². The molecule has 0 aliphatic carbocycles. The molecule has 0 saturated carbocycles. The van der Waals surface area contributed by atoms with Gasteiger partial charge in [0.2, 0.25) is 0 Å². The smallest absolute Gasteiger partial charge is 0.104 e. The molecule has 0 aromatic heterocycles. The van der Waals surface area contributed by atoms with E-state index in [0.717, 1.165) is 49.3 Å². The van der Waals surface area contributed by atoms with E-state index in [9.17, 15) is 0 Å². The van der Waals surface area contributed by atoms with Gasteiger partial charge in [0.05, 0.1) is 37.9 Å². The standard InChI is InChI=1S/C21H28N3/c1-3-24(4-2,18-20-12-7-5-8-13-20)17-11-16-22-19-23-21-14-9-6-10-15-21/h5-10,12-15H,3-4,11,16-18H2,1-2H3/q+1. The van der Waals surface area contributed by atoms with Crippen molar-refractivity contribution in [2.75, 3.05) is 26.2 Å². The van der Waals surface area contributed by atoms with Crippen LogP contribution in [0, 0.1) is 0 Å². The summed E-state index contributed by atoms with van der Waals surface area (Å²) in [5, 5.41) is 0. The quantitative estimate of drug-likeness (QED) is 0.355. The summed E-state index contributed by atoms with van der Waals surface area (Å²) >= 11 is 0. The molecule has 3 heteroatoms. The Hall–Kier alpha value is -2.22. The highest BCUT2D eigenvalue weighted by atomic mass is 15.3. The topological polar surface area (TPSA) is 24.7 Å². The first-order valence-corrected chi connectivity index (χ1v) is 8.84. The predicted molar refractivity (Wildman–Crippen MR) is 102 cm³/mol. The molecule has 0 unspecified atom stereocenters. The maximum atomic E-state index is 4.32. The molecule has 2 aromatic rings. The molecule has 24 heavy (non-hydrogen) atoms. The van der Waals surface area contributed by atoms with Crippen LogP contribution in [0.2, 0.25) is 0 Å². The number of hydrogen-bond acceptors (Lipinski definition) is 2. The van der Waals surface area contributed by atoms with Gasteiger partial charge in [-0.1, -0.05) is 48.5 Å². The summed E-state index contributed by atoms with van der Waals surface area (Å²) in [4.78, 5) is 8.55. The van der Waals surface area contributed by atoms with Gasteiger partial charge < -0.3 is 4.48 Å². The van der Waals surface area contributed by atoms with Crippen molar-refractivity contribution < 1.29 is 4.48 Å². The number of rotatable bonds is 9. The maximum Gasteiger partial charge on any atom is 0.104 e. The van der Waals surface area contributed by atoms with Gasteiger partial charge in [-0.3, -0.25) is 0 Å². The van der Waals surface area contributed by atoms with Gasteiger partial charge in [0.1, 0.15) is 6.54 Å². The molecule has 0 radical (unpaired) electrons. The Morgan fingerprint density at radius 2 is 1.50 bits per heavy atom. The van der Waals surface area contributed by atoms with Crippen LogP contribution in [-0.4, -0.2) is 36.7 Å². The summed E-state index contributed by atoms with van der Waals surface area (Å²) < 4.78 is 1.11. The Labute approximate surface area is 146 Å². The first-order chi connectivity index (χ1) is 11.8. The largest absolute Gasteiger partial charge is 0.320 e. The molecule has 0 heterocycles. The lowest BCUT2D eigenvalue weighted by atomic mass is 10.1. The van der Waals surface area contributed by atoms with Crippen LogP contribution in [0.25, 0.3) is 0 Å². The van der Waals surface area contributed by atoms with E-state index < -0.39 is 0 Å². The normalized spacial score (nSPS) is 10.9. The second-order valence-electron chi connectivity index (χ2n) is 6.12. The van der Waals surface area contributed by atoms with E-state index in [1.165, 1.54) is 5.56 Å². The molecule has 2 rings (SSSR count). The second kappa shape index (κ2) is 9.82. The summed E-state index contributed by atoms with van der Waals surface area (Å²) in [6, 6.07) is 23.4. The highest BCUT2D eigenvalue weighted by Gasteiger charge is 2.22. The highest BCUT2D eigenvalue weighted by molar-refractivity contribution is 5.51. The Morgan fingerprint density at radius 3 is 2.12 bits per heavy atom. The van der Waals surface area contributed by atoms with Crippen molar-refractivity contribution in [3.63, 3.8) is 0 Å². The lowest BCUT2D eigenvalue weighted by Crippen LogP contribution is -2.47. The SMILES string of the molecule is CC[N+](CC)(CCCN=C=Nc1ccccc1)Cc1ccccc1. The van der Waals surface area contributed by atoms with Crippen LogP contribution in [0.15, 0.2) is 70.6 Å². The molecule has 0 atom stereocenters. The fraction of sp³-hybridized carbons (Fsp3) is 0.381. The predicted octanol–water partition coefficient (Wildman–Crippen LogP) is 4.94. The third-order valence-electron chi connectivity index (χ3n) is 4.61. The van der Waals surface area contributed by atoms with Crippen molar-refractivity contribution in [3.8, 4) is 0 Å². The number of quaternary nitrogens is 1. The van der Waals surface area contributed by atoms with Gasteiger partial charge in [0, 0.05) is 12.0 Å². The third-order valence-corrected chi connectivity index (χ3v) is 4.61. The molecule has 0 saturated heterocycles. The maximum absolute atomic E-state index is 4.32. The van der Waals surface area contributed by atoms with E-state index >= 15 is 0 Å². The summed E-state index contributed by atoms with van der Waals surface area (Å²) in [5.41, 5.74) is 2.31. The van der Waals surface area contributed by atoms with Gasteiger partial charge in [0.25, 0.3) is 0 Å². The number of hydrogen-bond donors (Lipinski definition) is 0. The van der Waals surface area contributed by atoms with Crippen LogP contribution < -0.4 is 0 Å². The third kappa shape index (κ3) is 5.77. The highest BCUT2D eigenvalue weighted by Crippen LogP contribution is 2.15. The molecule has 0 bridgehead atoms. The van der Waals surface area contributed by atoms with Crippen LogP contribution in [0.5, 0.6) is 0 Å². The minimum Gasteiger partial charge on any atom is -0.320 e. The van der Waals surface area contributed by atoms with Crippen LogP contribution >= 0.6 is 0 Å². The molecule has 0 aliphatic heterocycles.